The molecule has 0 saturated carbocycles. The van der Waals surface area contributed by atoms with Gasteiger partial charge in [0, 0.05) is 17.6 Å². The number of nitrogens with one attached hydrogen (secondary N) is 2. The number of hydrogen-bond acceptors (Lipinski definition) is 3. The van der Waals surface area contributed by atoms with Crippen LogP contribution in [0.15, 0.2) is 66.9 Å². The zero-order valence-corrected chi connectivity index (χ0v) is 14.3. The van der Waals surface area contributed by atoms with Gasteiger partial charge in [0.1, 0.15) is 5.82 Å². The lowest BCUT2D eigenvalue weighted by Crippen LogP contribution is -2.15. The number of halogens is 3. The van der Waals surface area contributed by atoms with Crippen molar-refractivity contribution in [1.82, 2.24) is 4.98 Å². The Kier molecular flexibility index (Phi) is 5.12. The van der Waals surface area contributed by atoms with Crippen LogP contribution in [0, 0.1) is 6.92 Å². The van der Waals surface area contributed by atoms with Crippen molar-refractivity contribution in [2.75, 3.05) is 10.6 Å². The van der Waals surface area contributed by atoms with Crippen molar-refractivity contribution >= 4 is 23.1 Å². The Bertz CT molecular complexity index is 953. The Morgan fingerprint density at radius 3 is 2.37 bits per heavy atom. The van der Waals surface area contributed by atoms with Gasteiger partial charge in [-0.15, -0.1) is 0 Å². The van der Waals surface area contributed by atoms with Crippen LogP contribution < -0.4 is 10.6 Å². The molecular weight excluding hydrogens is 355 g/mol. The first-order chi connectivity index (χ1) is 12.8. The van der Waals surface area contributed by atoms with Gasteiger partial charge in [0.15, 0.2) is 0 Å². The summed E-state index contributed by atoms with van der Waals surface area (Å²) in [6.07, 6.45) is -2.87. The molecule has 3 aromatic rings. The Morgan fingerprint density at radius 2 is 1.70 bits per heavy atom. The predicted molar refractivity (Wildman–Crippen MR) is 98.1 cm³/mol. The largest absolute Gasteiger partial charge is 0.416 e. The minimum absolute atomic E-state index is 0.262. The van der Waals surface area contributed by atoms with E-state index in [1.807, 2.05) is 31.2 Å². The van der Waals surface area contributed by atoms with Gasteiger partial charge >= 0.3 is 6.18 Å². The molecule has 1 aromatic heterocycles. The molecule has 0 fully saturated rings. The number of nitrogens with zero attached hydrogens (tertiary/aromatic N) is 1. The summed E-state index contributed by atoms with van der Waals surface area (Å²) in [4.78, 5) is 16.8. The molecule has 0 aliphatic rings. The summed E-state index contributed by atoms with van der Waals surface area (Å²) < 4.78 is 37.9. The SMILES string of the molecule is Cc1cccc(Nc2ncccc2C(=O)Nc2ccc(C(F)(F)F)cc2)c1. The summed E-state index contributed by atoms with van der Waals surface area (Å²) >= 11 is 0. The van der Waals surface area contributed by atoms with Crippen LogP contribution in [0.4, 0.5) is 30.4 Å². The number of anilines is 3. The van der Waals surface area contributed by atoms with E-state index in [1.165, 1.54) is 12.1 Å². The average Bonchev–Trinajstić information content (AvgIpc) is 2.62. The highest BCUT2D eigenvalue weighted by Gasteiger charge is 2.30. The molecule has 1 amide bonds. The van der Waals surface area contributed by atoms with Gasteiger partial charge in [0.25, 0.3) is 5.91 Å². The molecule has 138 valence electrons. The maximum atomic E-state index is 12.6. The van der Waals surface area contributed by atoms with Crippen LogP contribution in [-0.4, -0.2) is 10.9 Å². The molecule has 3 rings (SSSR count). The van der Waals surface area contributed by atoms with Crippen LogP contribution in [0.3, 0.4) is 0 Å². The molecule has 27 heavy (non-hydrogen) atoms. The number of alkyl halides is 3. The molecule has 0 radical (unpaired) electrons. The lowest BCUT2D eigenvalue weighted by Gasteiger charge is -2.12. The number of pyridine rings is 1. The fraction of sp³-hybridized carbons (Fsp3) is 0.100. The zero-order chi connectivity index (χ0) is 19.4. The second-order valence-corrected chi connectivity index (χ2v) is 5.92. The molecule has 0 saturated heterocycles. The van der Waals surface area contributed by atoms with Crippen LogP contribution in [0.5, 0.6) is 0 Å². The second kappa shape index (κ2) is 7.49. The van der Waals surface area contributed by atoms with Crippen LogP contribution in [-0.2, 0) is 6.18 Å². The van der Waals surface area contributed by atoms with E-state index < -0.39 is 17.6 Å². The molecule has 0 spiro atoms. The number of hydrogen-bond donors (Lipinski definition) is 2. The number of carbonyl (C=O) groups is 1. The molecule has 0 bridgehead atoms. The average molecular weight is 371 g/mol. The van der Waals surface area contributed by atoms with Gasteiger partial charge in [-0.3, -0.25) is 4.79 Å². The van der Waals surface area contributed by atoms with Gasteiger partial charge in [0.2, 0.25) is 0 Å². The highest BCUT2D eigenvalue weighted by molar-refractivity contribution is 6.07. The maximum absolute atomic E-state index is 12.6. The monoisotopic (exact) mass is 371 g/mol. The summed E-state index contributed by atoms with van der Waals surface area (Å²) in [7, 11) is 0. The van der Waals surface area contributed by atoms with Crippen molar-refractivity contribution in [3.63, 3.8) is 0 Å². The Labute approximate surface area is 154 Å². The van der Waals surface area contributed by atoms with E-state index in [4.69, 9.17) is 0 Å². The smallest absolute Gasteiger partial charge is 0.340 e. The third-order valence-electron chi connectivity index (χ3n) is 3.80. The lowest BCUT2D eigenvalue weighted by molar-refractivity contribution is -0.137. The molecular formula is C20H16F3N3O. The third-order valence-corrected chi connectivity index (χ3v) is 3.80. The van der Waals surface area contributed by atoms with Crippen molar-refractivity contribution in [3.8, 4) is 0 Å². The molecule has 7 heteroatoms. The van der Waals surface area contributed by atoms with Crippen LogP contribution in [0.2, 0.25) is 0 Å². The number of aryl methyl sites for hydroxylation is 1. The molecule has 0 atom stereocenters. The topological polar surface area (TPSA) is 54.0 Å². The van der Waals surface area contributed by atoms with Crippen LogP contribution >= 0.6 is 0 Å². The van der Waals surface area contributed by atoms with E-state index in [-0.39, 0.29) is 11.3 Å². The maximum Gasteiger partial charge on any atom is 0.416 e. The van der Waals surface area contributed by atoms with Crippen molar-refractivity contribution in [1.29, 1.82) is 0 Å². The highest BCUT2D eigenvalue weighted by atomic mass is 19.4. The number of rotatable bonds is 4. The van der Waals surface area contributed by atoms with Crippen LogP contribution in [0.25, 0.3) is 0 Å². The van der Waals surface area contributed by atoms with Crippen molar-refractivity contribution in [3.05, 3.63) is 83.6 Å². The van der Waals surface area contributed by atoms with Gasteiger partial charge in [-0.1, -0.05) is 12.1 Å². The summed E-state index contributed by atoms with van der Waals surface area (Å²) in [6, 6.07) is 15.1. The number of carbonyl (C=O) groups excluding carboxylic acids is 1. The van der Waals surface area contributed by atoms with Crippen LogP contribution in [0.1, 0.15) is 21.5 Å². The molecule has 0 unspecified atom stereocenters. The van der Waals surface area contributed by atoms with E-state index in [0.717, 1.165) is 23.4 Å². The van der Waals surface area contributed by atoms with Crippen molar-refractivity contribution in [2.45, 2.75) is 13.1 Å². The first-order valence-electron chi connectivity index (χ1n) is 8.10. The number of benzene rings is 2. The number of amides is 1. The highest BCUT2D eigenvalue weighted by Crippen LogP contribution is 2.30. The van der Waals surface area contributed by atoms with Crippen molar-refractivity contribution in [2.24, 2.45) is 0 Å². The molecule has 0 aliphatic heterocycles. The fourth-order valence-electron chi connectivity index (χ4n) is 2.49. The molecule has 2 aromatic carbocycles. The van der Waals surface area contributed by atoms with E-state index >= 15 is 0 Å². The van der Waals surface area contributed by atoms with Gasteiger partial charge < -0.3 is 10.6 Å². The standard InChI is InChI=1S/C20H16F3N3O/c1-13-4-2-5-16(12-13)25-18-17(6-3-11-24-18)19(27)26-15-9-7-14(8-10-15)20(21,22)23/h2-12H,1H3,(H,24,25)(H,26,27). The Morgan fingerprint density at radius 1 is 0.963 bits per heavy atom. The van der Waals surface area contributed by atoms with Gasteiger partial charge in [-0.25, -0.2) is 4.98 Å². The first-order valence-corrected chi connectivity index (χ1v) is 8.10. The Balaban J connectivity index is 1.79. The molecule has 4 nitrogen and oxygen atoms in total. The summed E-state index contributed by atoms with van der Waals surface area (Å²) in [6.45, 7) is 1.95. The van der Waals surface area contributed by atoms with E-state index in [0.29, 0.717) is 5.82 Å². The van der Waals surface area contributed by atoms with Gasteiger partial charge in [-0.2, -0.15) is 13.2 Å². The summed E-state index contributed by atoms with van der Waals surface area (Å²) in [5, 5.41) is 5.68. The molecule has 1 heterocycles. The van der Waals surface area contributed by atoms with E-state index in [2.05, 4.69) is 15.6 Å². The van der Waals surface area contributed by atoms with E-state index in [1.54, 1.807) is 18.3 Å². The van der Waals surface area contributed by atoms with Gasteiger partial charge in [0.05, 0.1) is 11.1 Å². The normalized spacial score (nSPS) is 11.1. The fourth-order valence-corrected chi connectivity index (χ4v) is 2.49. The summed E-state index contributed by atoms with van der Waals surface area (Å²) in [5.74, 6) is -0.120. The van der Waals surface area contributed by atoms with Crippen molar-refractivity contribution < 1.29 is 18.0 Å². The molecule has 0 aliphatic carbocycles. The third kappa shape index (κ3) is 4.63. The predicted octanol–water partition coefficient (Wildman–Crippen LogP) is 5.40. The second-order valence-electron chi connectivity index (χ2n) is 5.92. The number of aromatic nitrogens is 1. The first kappa shape index (κ1) is 18.4. The van der Waals surface area contributed by atoms with E-state index in [9.17, 15) is 18.0 Å². The minimum atomic E-state index is -4.42. The summed E-state index contributed by atoms with van der Waals surface area (Å²) in [5.41, 5.74) is 1.59. The molecule has 2 N–H and O–H groups in total. The minimum Gasteiger partial charge on any atom is -0.340 e. The van der Waals surface area contributed by atoms with Gasteiger partial charge in [-0.05, 0) is 61.0 Å². The quantitative estimate of drug-likeness (QED) is 0.645. The zero-order valence-electron chi connectivity index (χ0n) is 14.3. The Hall–Kier alpha value is -3.35. The lowest BCUT2D eigenvalue weighted by atomic mass is 10.1.